The summed E-state index contributed by atoms with van der Waals surface area (Å²) in [5, 5.41) is 4.65. The van der Waals surface area contributed by atoms with E-state index in [1.54, 1.807) is 13.0 Å². The van der Waals surface area contributed by atoms with Crippen LogP contribution in [0, 0.1) is 12.8 Å². The summed E-state index contributed by atoms with van der Waals surface area (Å²) in [5.74, 6) is 1.82. The van der Waals surface area contributed by atoms with Crippen LogP contribution in [0.4, 0.5) is 0 Å². The lowest BCUT2D eigenvalue weighted by Gasteiger charge is -2.30. The monoisotopic (exact) mass is 347 g/mol. The van der Waals surface area contributed by atoms with Gasteiger partial charge in [0.25, 0.3) is 0 Å². The molecular weight excluding hydrogens is 330 g/mol. The minimum atomic E-state index is -0.204. The van der Waals surface area contributed by atoms with Crippen molar-refractivity contribution in [3.8, 4) is 5.75 Å². The molecule has 1 aromatic heterocycles. The van der Waals surface area contributed by atoms with Crippen LogP contribution in [0.2, 0.25) is 5.02 Å². The van der Waals surface area contributed by atoms with E-state index in [-0.39, 0.29) is 17.9 Å². The van der Waals surface area contributed by atoms with Crippen LogP contribution < -0.4 is 4.74 Å². The Balaban J connectivity index is 1.53. The van der Waals surface area contributed by atoms with Gasteiger partial charge in [-0.2, -0.15) is 4.98 Å². The number of hydrogen-bond donors (Lipinski definition) is 0. The van der Waals surface area contributed by atoms with Crippen molar-refractivity contribution in [2.75, 3.05) is 13.2 Å². The molecule has 1 aromatic carbocycles. The lowest BCUT2D eigenvalue weighted by molar-refractivity contribution is -0.138. The molecule has 0 radical (unpaired) electrons. The number of fused-ring (bicyclic) bond motifs is 1. The molecule has 1 fully saturated rings. The van der Waals surface area contributed by atoms with Crippen molar-refractivity contribution in [2.24, 2.45) is 5.92 Å². The van der Waals surface area contributed by atoms with Crippen LogP contribution >= 0.6 is 11.6 Å². The fraction of sp³-hybridized carbons (Fsp3) is 0.471. The third kappa shape index (κ3) is 2.75. The summed E-state index contributed by atoms with van der Waals surface area (Å²) in [7, 11) is 0. The molecule has 0 bridgehead atoms. The Kier molecular flexibility index (Phi) is 3.92. The first kappa shape index (κ1) is 15.4. The van der Waals surface area contributed by atoms with Gasteiger partial charge in [-0.15, -0.1) is 0 Å². The minimum Gasteiger partial charge on any atom is -0.492 e. The standard InChI is InChI=1S/C17H18ClN3O3/c1-10-19-16(20-24-10)14-3-2-6-21(14)17(22)12-7-11-8-13(18)4-5-15(11)23-9-12/h4-5,8,12,14H,2-3,6-7,9H2,1H3/t12-,14+/m1/s1. The highest BCUT2D eigenvalue weighted by atomic mass is 35.5. The topological polar surface area (TPSA) is 68.5 Å². The molecule has 0 spiro atoms. The predicted molar refractivity (Wildman–Crippen MR) is 86.9 cm³/mol. The molecule has 2 aliphatic heterocycles. The maximum absolute atomic E-state index is 13.0. The van der Waals surface area contributed by atoms with Gasteiger partial charge in [0.1, 0.15) is 12.4 Å². The number of hydrogen-bond acceptors (Lipinski definition) is 5. The highest BCUT2D eigenvalue weighted by Gasteiger charge is 2.38. The smallest absolute Gasteiger partial charge is 0.230 e. The number of rotatable bonds is 2. The minimum absolute atomic E-state index is 0.0885. The van der Waals surface area contributed by atoms with Gasteiger partial charge in [0.15, 0.2) is 5.82 Å². The third-order valence-electron chi connectivity index (χ3n) is 4.66. The molecule has 7 heteroatoms. The number of benzene rings is 1. The zero-order valence-corrected chi connectivity index (χ0v) is 14.1. The number of carbonyl (C=O) groups is 1. The SMILES string of the molecule is Cc1nc([C@@H]2CCCN2C(=O)[C@H]2COc3ccc(Cl)cc3C2)no1. The Hall–Kier alpha value is -2.08. The van der Waals surface area contributed by atoms with Crippen molar-refractivity contribution in [2.45, 2.75) is 32.2 Å². The van der Waals surface area contributed by atoms with E-state index in [1.165, 1.54) is 0 Å². The summed E-state index contributed by atoms with van der Waals surface area (Å²) < 4.78 is 10.8. The second kappa shape index (κ2) is 6.09. The first-order valence-corrected chi connectivity index (χ1v) is 8.51. The Labute approximate surface area is 144 Å². The van der Waals surface area contributed by atoms with Crippen LogP contribution in [-0.4, -0.2) is 34.1 Å². The number of aryl methyl sites for hydroxylation is 1. The Morgan fingerprint density at radius 1 is 1.42 bits per heavy atom. The molecule has 6 nitrogen and oxygen atoms in total. The normalized spacial score (nSPS) is 23.0. The molecule has 3 heterocycles. The molecule has 4 rings (SSSR count). The van der Waals surface area contributed by atoms with Crippen LogP contribution in [0.25, 0.3) is 0 Å². The van der Waals surface area contributed by atoms with E-state index >= 15 is 0 Å². The quantitative estimate of drug-likeness (QED) is 0.835. The molecule has 126 valence electrons. The van der Waals surface area contributed by atoms with Gasteiger partial charge in [0, 0.05) is 18.5 Å². The molecule has 0 unspecified atom stereocenters. The Morgan fingerprint density at radius 3 is 3.08 bits per heavy atom. The number of carbonyl (C=O) groups excluding carboxylic acids is 1. The van der Waals surface area contributed by atoms with Crippen molar-refractivity contribution in [1.82, 2.24) is 15.0 Å². The highest BCUT2D eigenvalue weighted by Crippen LogP contribution is 2.35. The van der Waals surface area contributed by atoms with Crippen molar-refractivity contribution in [3.05, 3.63) is 40.5 Å². The van der Waals surface area contributed by atoms with Crippen molar-refractivity contribution >= 4 is 17.5 Å². The summed E-state index contributed by atoms with van der Waals surface area (Å²) in [6, 6.07) is 5.44. The molecule has 24 heavy (non-hydrogen) atoms. The fourth-order valence-electron chi connectivity index (χ4n) is 3.51. The summed E-state index contributed by atoms with van der Waals surface area (Å²) in [4.78, 5) is 19.2. The molecule has 2 aromatic rings. The van der Waals surface area contributed by atoms with Crippen LogP contribution in [0.15, 0.2) is 22.7 Å². The van der Waals surface area contributed by atoms with Crippen LogP contribution in [0.1, 0.15) is 36.2 Å². The van der Waals surface area contributed by atoms with Crippen molar-refractivity contribution < 1.29 is 14.1 Å². The maximum Gasteiger partial charge on any atom is 0.230 e. The van der Waals surface area contributed by atoms with E-state index in [2.05, 4.69) is 10.1 Å². The predicted octanol–water partition coefficient (Wildman–Crippen LogP) is 2.95. The molecule has 2 atom stereocenters. The number of ether oxygens (including phenoxy) is 1. The molecule has 0 saturated carbocycles. The zero-order valence-electron chi connectivity index (χ0n) is 13.4. The number of aromatic nitrogens is 2. The van der Waals surface area contributed by atoms with E-state index in [0.29, 0.717) is 29.8 Å². The largest absolute Gasteiger partial charge is 0.492 e. The van der Waals surface area contributed by atoms with Crippen LogP contribution in [0.3, 0.4) is 0 Å². The van der Waals surface area contributed by atoms with E-state index in [4.69, 9.17) is 20.9 Å². The first-order chi connectivity index (χ1) is 11.6. The Morgan fingerprint density at radius 2 is 2.29 bits per heavy atom. The Bertz CT molecular complexity index is 776. The summed E-state index contributed by atoms with van der Waals surface area (Å²) in [5.41, 5.74) is 0.984. The van der Waals surface area contributed by atoms with Gasteiger partial charge in [0.05, 0.1) is 12.0 Å². The van der Waals surface area contributed by atoms with Gasteiger partial charge < -0.3 is 14.2 Å². The van der Waals surface area contributed by atoms with Gasteiger partial charge in [-0.25, -0.2) is 0 Å². The zero-order chi connectivity index (χ0) is 16.7. The number of halogens is 1. The number of likely N-dealkylation sites (tertiary alicyclic amines) is 1. The van der Waals surface area contributed by atoms with E-state index in [0.717, 1.165) is 30.7 Å². The number of nitrogens with zero attached hydrogens (tertiary/aromatic N) is 3. The van der Waals surface area contributed by atoms with Gasteiger partial charge in [-0.05, 0) is 43.0 Å². The molecule has 0 aliphatic carbocycles. The van der Waals surface area contributed by atoms with Gasteiger partial charge >= 0.3 is 0 Å². The van der Waals surface area contributed by atoms with E-state index < -0.39 is 0 Å². The lowest BCUT2D eigenvalue weighted by Crippen LogP contribution is -2.40. The fourth-order valence-corrected chi connectivity index (χ4v) is 3.70. The lowest BCUT2D eigenvalue weighted by atomic mass is 9.95. The van der Waals surface area contributed by atoms with E-state index in [1.807, 2.05) is 17.0 Å². The number of amides is 1. The summed E-state index contributed by atoms with van der Waals surface area (Å²) >= 11 is 6.06. The molecule has 2 aliphatic rings. The third-order valence-corrected chi connectivity index (χ3v) is 4.89. The van der Waals surface area contributed by atoms with Crippen molar-refractivity contribution in [3.63, 3.8) is 0 Å². The second-order valence-corrected chi connectivity index (χ2v) is 6.76. The summed E-state index contributed by atoms with van der Waals surface area (Å²) in [6.45, 7) is 2.87. The highest BCUT2D eigenvalue weighted by molar-refractivity contribution is 6.30. The average molecular weight is 348 g/mol. The maximum atomic E-state index is 13.0. The molecule has 0 N–H and O–H groups in total. The van der Waals surface area contributed by atoms with Gasteiger partial charge in [0.2, 0.25) is 11.8 Å². The van der Waals surface area contributed by atoms with Crippen LogP contribution in [0.5, 0.6) is 5.75 Å². The van der Waals surface area contributed by atoms with E-state index in [9.17, 15) is 4.79 Å². The molecule has 1 saturated heterocycles. The first-order valence-electron chi connectivity index (χ1n) is 8.14. The van der Waals surface area contributed by atoms with Gasteiger partial charge in [-0.3, -0.25) is 4.79 Å². The molecular formula is C17H18ClN3O3. The summed E-state index contributed by atoms with van der Waals surface area (Å²) in [6.07, 6.45) is 2.45. The van der Waals surface area contributed by atoms with Crippen molar-refractivity contribution in [1.29, 1.82) is 0 Å². The average Bonchev–Trinajstić information content (AvgIpc) is 3.22. The second-order valence-electron chi connectivity index (χ2n) is 6.33. The van der Waals surface area contributed by atoms with Gasteiger partial charge in [-0.1, -0.05) is 16.8 Å². The van der Waals surface area contributed by atoms with Crippen LogP contribution in [-0.2, 0) is 11.2 Å². The molecule has 1 amide bonds.